The van der Waals surface area contributed by atoms with Crippen LogP contribution in [0.25, 0.3) is 0 Å². The second kappa shape index (κ2) is 98.0. The summed E-state index contributed by atoms with van der Waals surface area (Å²) in [4.78, 5) is 59.1. The van der Waals surface area contributed by atoms with Crippen molar-refractivity contribution in [3.05, 3.63) is 170 Å². The first-order chi connectivity index (χ1) is 61.2. The first-order valence-electron chi connectivity index (χ1n) is 50.4. The number of phosphoric ester groups is 2. The zero-order chi connectivity index (χ0) is 90.7. The third-order valence-electron chi connectivity index (χ3n) is 21.4. The molecule has 4 N–H and O–H groups in total. The molecule has 0 saturated carbocycles. The first-order valence-corrected chi connectivity index (χ1v) is 53.4. The Morgan fingerprint density at radius 1 is 0.232 bits per heavy atom. The van der Waals surface area contributed by atoms with Crippen molar-refractivity contribution in [3.63, 3.8) is 0 Å². The van der Waals surface area contributed by atoms with Crippen LogP contribution in [0, 0.1) is 0 Å². The molecule has 0 aromatic heterocycles. The summed E-state index contributed by atoms with van der Waals surface area (Å²) in [6.45, 7) is 2.47. The van der Waals surface area contributed by atoms with Gasteiger partial charge in [0.1, 0.15) is 25.4 Å². The van der Waals surface area contributed by atoms with Crippen molar-refractivity contribution in [1.82, 2.24) is 0 Å². The molecule has 18 heteroatoms. The average Bonchev–Trinajstić information content (AvgIpc) is 0.994. The summed E-state index contributed by atoms with van der Waals surface area (Å²) in [6, 6.07) is 0. The normalized spacial score (nSPS) is 14.4. The van der Waals surface area contributed by atoms with Gasteiger partial charge in [0, 0.05) is 19.3 Å². The Labute approximate surface area is 764 Å². The van der Waals surface area contributed by atoms with E-state index in [4.69, 9.17) is 32.3 Å². The van der Waals surface area contributed by atoms with E-state index in [1.54, 1.807) is 0 Å². The monoisotopic (exact) mass is 1790 g/mol. The van der Waals surface area contributed by atoms with Gasteiger partial charge in [-0.15, -0.1) is 0 Å². The van der Waals surface area contributed by atoms with Crippen LogP contribution in [0.15, 0.2) is 170 Å². The summed E-state index contributed by atoms with van der Waals surface area (Å²) in [5.41, 5.74) is 0. The van der Waals surface area contributed by atoms with Gasteiger partial charge in [-0.2, -0.15) is 0 Å². The summed E-state index contributed by atoms with van der Waals surface area (Å²) < 4.78 is 61.6. The molecule has 16 nitrogen and oxygen atoms in total. The summed E-state index contributed by atoms with van der Waals surface area (Å²) in [5.74, 6) is -1.58. The number of unbranched alkanes of at least 4 members (excludes halogenated alkanes) is 44. The molecule has 0 bridgehead atoms. The van der Waals surface area contributed by atoms with Crippen LogP contribution in [0.4, 0.5) is 0 Å². The van der Waals surface area contributed by atoms with Gasteiger partial charge in [-0.1, -0.05) is 428 Å². The van der Waals surface area contributed by atoms with Gasteiger partial charge in [-0.3, -0.25) is 32.5 Å². The smallest absolute Gasteiger partial charge is 0.463 e. The van der Waals surface area contributed by atoms with Gasteiger partial charge in [0.25, 0.3) is 0 Å². The van der Waals surface area contributed by atoms with E-state index < -0.39 is 91.5 Å². The number of hydrogen-bond acceptors (Lipinski definition) is 14. The van der Waals surface area contributed by atoms with Crippen LogP contribution in [-0.2, 0) is 55.8 Å². The molecule has 0 rings (SSSR count). The van der Waals surface area contributed by atoms with Crippen LogP contribution >= 0.6 is 15.6 Å². The lowest BCUT2D eigenvalue weighted by Gasteiger charge is -2.21. The molecular weight excluding hydrogens is 1600 g/mol. The number of carbonyl (C=O) groups is 3. The fourth-order valence-corrected chi connectivity index (χ4v) is 15.4. The number of esters is 3. The number of ether oxygens (including phenoxy) is 3. The van der Waals surface area contributed by atoms with Crippen LogP contribution in [0.3, 0.4) is 0 Å². The molecule has 0 heterocycles. The zero-order valence-electron chi connectivity index (χ0n) is 79.5. The number of rotatable bonds is 95. The number of phosphoric acid groups is 2. The van der Waals surface area contributed by atoms with Crippen molar-refractivity contribution >= 4 is 33.6 Å². The van der Waals surface area contributed by atoms with Gasteiger partial charge >= 0.3 is 33.6 Å². The van der Waals surface area contributed by atoms with Crippen LogP contribution in [0.5, 0.6) is 0 Å². The van der Waals surface area contributed by atoms with Crippen molar-refractivity contribution in [2.75, 3.05) is 39.6 Å². The number of aliphatic hydroxyl groups excluding tert-OH is 2. The molecule has 0 aliphatic heterocycles. The largest absolute Gasteiger partial charge is 0.472 e. The lowest BCUT2D eigenvalue weighted by Crippen LogP contribution is -2.30. The maximum Gasteiger partial charge on any atom is 0.472 e. The van der Waals surface area contributed by atoms with Crippen LogP contribution in [0.1, 0.15) is 432 Å². The summed E-state index contributed by atoms with van der Waals surface area (Å²) in [6.07, 6.45) is 129. The van der Waals surface area contributed by atoms with E-state index in [2.05, 4.69) is 191 Å². The SMILES string of the molecule is CC/C=C\C/C=C\C/C=C\C/C=C\C/C=C\CCCCCCCCCCCCCCCCCCCC(=O)OCC(COP(=O)(O)OCC(O)COP(=O)(O)OCC(O)COC(=O)CCCCCCCCCCCCCCCCCCCCC/C=C\C/C=C\C/C=C\C/C=C\CCCCC)OC(=O)CCCCCCC/C=C\C/C=C\C/C=C\C/C=C\C/C=C\CC. The van der Waals surface area contributed by atoms with E-state index >= 15 is 0 Å². The quantitative estimate of drug-likeness (QED) is 0.0146. The zero-order valence-corrected chi connectivity index (χ0v) is 81.3. The van der Waals surface area contributed by atoms with Crippen LogP contribution in [-0.4, -0.2) is 95.9 Å². The molecule has 5 unspecified atom stereocenters. The van der Waals surface area contributed by atoms with Crippen LogP contribution < -0.4 is 0 Å². The van der Waals surface area contributed by atoms with Crippen molar-refractivity contribution in [3.8, 4) is 0 Å². The van der Waals surface area contributed by atoms with Gasteiger partial charge in [0.05, 0.1) is 26.4 Å². The molecule has 0 radical (unpaired) electrons. The van der Waals surface area contributed by atoms with Gasteiger partial charge in [0.15, 0.2) is 6.10 Å². The van der Waals surface area contributed by atoms with E-state index in [0.717, 1.165) is 154 Å². The third kappa shape index (κ3) is 99.3. The number of carbonyl (C=O) groups excluding carboxylic acids is 3. The van der Waals surface area contributed by atoms with Crippen molar-refractivity contribution in [2.24, 2.45) is 0 Å². The highest BCUT2D eigenvalue weighted by molar-refractivity contribution is 7.47. The number of allylic oxidation sites excluding steroid dienone is 28. The number of hydrogen-bond donors (Lipinski definition) is 4. The number of aliphatic hydroxyl groups is 2. The molecule has 0 fully saturated rings. The standard InChI is InChI=1S/C107H184O16P2/c1-4-7-10-13-16-19-22-25-28-31-34-37-39-41-43-45-47-49-50-52-54-55-57-59-61-64-66-69-72-75-78-81-84-87-90-93-105(110)117-96-102(108)97-119-124(113,114)120-98-103(109)99-121-125(115,116)122-101-104(123-107(112)95-92-89-86-83-80-77-74-71-68-63-36-33-30-27-24-21-18-15-12-9-6-3)100-118-106(111)94-91-88-85-82-79-76-73-70-67-65-62-60-58-56-53-51-48-46-44-42-40-38-35-32-29-26-23-20-17-14-11-8-5-2/h8-9,11-12,16-21,25-30,34-38,41-44,63,71,74,102-104,108-109H,4-7,10,13-15,22-24,31-33,39-40,45-62,64-70,72-73,75-101H2,1-3H3,(H,113,114)(H,115,116)/b11-8-,12-9-,19-16-,20-17-,21-18-,28-25-,29-26-,30-27-,37-34-,38-35-,43-41-,44-42-,63-36-,74-71-. The molecule has 125 heavy (non-hydrogen) atoms. The molecule has 0 spiro atoms. The van der Waals surface area contributed by atoms with Crippen LogP contribution in [0.2, 0.25) is 0 Å². The molecule has 0 aliphatic carbocycles. The Morgan fingerprint density at radius 2 is 0.424 bits per heavy atom. The fraction of sp³-hybridized carbons (Fsp3) is 0.710. The molecule has 5 atom stereocenters. The van der Waals surface area contributed by atoms with Gasteiger partial charge in [0.2, 0.25) is 0 Å². The average molecular weight is 1790 g/mol. The highest BCUT2D eigenvalue weighted by atomic mass is 31.2. The van der Waals surface area contributed by atoms with Gasteiger partial charge in [-0.25, -0.2) is 9.13 Å². The Kier molecular flexibility index (Phi) is 94.0. The third-order valence-corrected chi connectivity index (χ3v) is 23.3. The predicted octanol–water partition coefficient (Wildman–Crippen LogP) is 31.8. The molecule has 0 amide bonds. The summed E-state index contributed by atoms with van der Waals surface area (Å²) in [5, 5.41) is 20.8. The molecule has 0 aromatic carbocycles. The van der Waals surface area contributed by atoms with E-state index in [1.165, 1.54) is 218 Å². The van der Waals surface area contributed by atoms with Gasteiger partial charge < -0.3 is 34.2 Å². The maximum absolute atomic E-state index is 13.1. The molecule has 0 saturated heterocycles. The minimum absolute atomic E-state index is 0.0798. The van der Waals surface area contributed by atoms with Crippen molar-refractivity contribution in [1.29, 1.82) is 0 Å². The topological polar surface area (TPSA) is 231 Å². The Hall–Kier alpha value is -5.09. The maximum atomic E-state index is 13.1. The molecule has 718 valence electrons. The second-order valence-electron chi connectivity index (χ2n) is 33.5. The molecule has 0 aromatic rings. The minimum atomic E-state index is -4.95. The van der Waals surface area contributed by atoms with Crippen molar-refractivity contribution in [2.45, 2.75) is 450 Å². The summed E-state index contributed by atoms with van der Waals surface area (Å²) >= 11 is 0. The second-order valence-corrected chi connectivity index (χ2v) is 36.4. The first kappa shape index (κ1) is 120. The lowest BCUT2D eigenvalue weighted by atomic mass is 10.0. The van der Waals surface area contributed by atoms with E-state index in [9.17, 15) is 43.5 Å². The van der Waals surface area contributed by atoms with E-state index in [1.807, 2.05) is 0 Å². The lowest BCUT2D eigenvalue weighted by molar-refractivity contribution is -0.161. The molecular formula is C107H184O16P2. The van der Waals surface area contributed by atoms with Crippen molar-refractivity contribution < 1.29 is 75.8 Å². The predicted molar refractivity (Wildman–Crippen MR) is 528 cm³/mol. The van der Waals surface area contributed by atoms with E-state index in [0.29, 0.717) is 19.3 Å². The van der Waals surface area contributed by atoms with E-state index in [-0.39, 0.29) is 19.3 Å². The minimum Gasteiger partial charge on any atom is -0.463 e. The Morgan fingerprint density at radius 3 is 0.672 bits per heavy atom. The highest BCUT2D eigenvalue weighted by Crippen LogP contribution is 2.45. The molecule has 0 aliphatic rings. The fourth-order valence-electron chi connectivity index (χ4n) is 13.8. The van der Waals surface area contributed by atoms with Gasteiger partial charge in [-0.05, 0) is 154 Å². The summed E-state index contributed by atoms with van der Waals surface area (Å²) in [7, 11) is -9.82. The highest BCUT2D eigenvalue weighted by Gasteiger charge is 2.30. The Balaban J connectivity index is 4.52. The Bertz CT molecular complexity index is 2950.